The average Bonchev–Trinajstić information content (AvgIpc) is 2.82. The Balaban J connectivity index is 2.39. The van der Waals surface area contributed by atoms with Crippen LogP contribution in [0.3, 0.4) is 0 Å². The summed E-state index contributed by atoms with van der Waals surface area (Å²) in [6, 6.07) is 0. The largest absolute Gasteiger partial charge is 0.313 e. The van der Waals surface area contributed by atoms with E-state index >= 15 is 0 Å². The fraction of sp³-hybridized carbons (Fsp3) is 1.00. The molecule has 0 aromatic heterocycles. The van der Waals surface area contributed by atoms with Crippen LogP contribution in [0.4, 0.5) is 0 Å². The molecule has 0 aromatic rings. The third-order valence-corrected chi connectivity index (χ3v) is 3.24. The normalized spacial score (nSPS) is 19.1. The highest BCUT2D eigenvalue weighted by Gasteiger charge is 2.46. The van der Waals surface area contributed by atoms with Gasteiger partial charge in [0.2, 0.25) is 0 Å². The Labute approximate surface area is 84.7 Å². The van der Waals surface area contributed by atoms with E-state index in [1.807, 2.05) is 0 Å². The molecule has 0 saturated heterocycles. The van der Waals surface area contributed by atoms with E-state index in [1.165, 1.54) is 0 Å². The van der Waals surface area contributed by atoms with Gasteiger partial charge in [0.15, 0.2) is 0 Å². The molecule has 1 fully saturated rings. The molecular formula is C10H19NO3. The van der Waals surface area contributed by atoms with Crippen molar-refractivity contribution in [2.45, 2.75) is 46.5 Å². The first-order valence-corrected chi connectivity index (χ1v) is 5.16. The molecule has 0 bridgehead atoms. The van der Waals surface area contributed by atoms with Crippen LogP contribution in [0.5, 0.6) is 0 Å². The minimum Gasteiger partial charge on any atom is -0.313 e. The molecule has 0 heterocycles. The van der Waals surface area contributed by atoms with Gasteiger partial charge in [0.1, 0.15) is 6.61 Å². The topological polar surface area (TPSA) is 52.4 Å². The van der Waals surface area contributed by atoms with Gasteiger partial charge in [-0.3, -0.25) is 0 Å². The van der Waals surface area contributed by atoms with Gasteiger partial charge in [-0.1, -0.05) is 27.2 Å². The summed E-state index contributed by atoms with van der Waals surface area (Å²) < 4.78 is 0. The molecule has 0 amide bonds. The highest BCUT2D eigenvalue weighted by Crippen LogP contribution is 2.54. The molecule has 1 aliphatic carbocycles. The zero-order chi connectivity index (χ0) is 10.8. The van der Waals surface area contributed by atoms with Crippen LogP contribution < -0.4 is 0 Å². The molecule has 14 heavy (non-hydrogen) atoms. The molecular weight excluding hydrogens is 182 g/mol. The van der Waals surface area contributed by atoms with Crippen molar-refractivity contribution in [1.29, 1.82) is 0 Å². The number of hydrogen-bond acceptors (Lipinski definition) is 3. The summed E-state index contributed by atoms with van der Waals surface area (Å²) in [6.45, 7) is 6.85. The van der Waals surface area contributed by atoms with Gasteiger partial charge in [-0.2, -0.15) is 0 Å². The van der Waals surface area contributed by atoms with Crippen molar-refractivity contribution in [3.05, 3.63) is 10.1 Å². The fourth-order valence-corrected chi connectivity index (χ4v) is 1.88. The maximum atomic E-state index is 10.1. The van der Waals surface area contributed by atoms with Crippen LogP contribution in [0, 0.1) is 20.9 Å². The van der Waals surface area contributed by atoms with Gasteiger partial charge < -0.3 is 4.84 Å². The first-order chi connectivity index (χ1) is 6.39. The summed E-state index contributed by atoms with van der Waals surface area (Å²) in [6.07, 6.45) is 4.28. The van der Waals surface area contributed by atoms with Gasteiger partial charge in [-0.05, 0) is 30.1 Å². The van der Waals surface area contributed by atoms with Crippen molar-refractivity contribution in [2.24, 2.45) is 10.8 Å². The number of hydrogen-bond donors (Lipinski definition) is 0. The Morgan fingerprint density at radius 2 is 2.07 bits per heavy atom. The predicted molar refractivity (Wildman–Crippen MR) is 53.3 cm³/mol. The summed E-state index contributed by atoms with van der Waals surface area (Å²) in [5.41, 5.74) is 0.378. The molecule has 82 valence electrons. The van der Waals surface area contributed by atoms with Crippen LogP contribution in [-0.4, -0.2) is 11.7 Å². The van der Waals surface area contributed by atoms with Crippen LogP contribution in [0.1, 0.15) is 46.5 Å². The highest BCUT2D eigenvalue weighted by atomic mass is 16.9. The van der Waals surface area contributed by atoms with E-state index < -0.39 is 5.09 Å². The monoisotopic (exact) mass is 201 g/mol. The molecule has 0 radical (unpaired) electrons. The Kier molecular flexibility index (Phi) is 3.02. The quantitative estimate of drug-likeness (QED) is 0.490. The molecule has 0 aromatic carbocycles. The maximum absolute atomic E-state index is 10.1. The maximum Gasteiger partial charge on any atom is 0.294 e. The highest BCUT2D eigenvalue weighted by molar-refractivity contribution is 4.96. The Bertz CT molecular complexity index is 221. The second-order valence-electron chi connectivity index (χ2n) is 5.19. The molecule has 4 nitrogen and oxygen atoms in total. The van der Waals surface area contributed by atoms with E-state index in [0.717, 1.165) is 25.7 Å². The molecule has 0 atom stereocenters. The molecule has 4 heteroatoms. The lowest BCUT2D eigenvalue weighted by atomic mass is 9.79. The molecule has 1 saturated carbocycles. The Morgan fingerprint density at radius 1 is 1.50 bits per heavy atom. The number of nitrogens with zero attached hydrogens (tertiary/aromatic N) is 1. The number of rotatable bonds is 6. The summed E-state index contributed by atoms with van der Waals surface area (Å²) in [4.78, 5) is 14.6. The van der Waals surface area contributed by atoms with Gasteiger partial charge in [0.25, 0.3) is 5.09 Å². The minimum atomic E-state index is -0.682. The molecule has 0 spiro atoms. The van der Waals surface area contributed by atoms with Crippen molar-refractivity contribution in [3.8, 4) is 0 Å². The third-order valence-electron chi connectivity index (χ3n) is 3.24. The van der Waals surface area contributed by atoms with Crippen LogP contribution >= 0.6 is 0 Å². The predicted octanol–water partition coefficient (Wildman–Crippen LogP) is 2.80. The molecule has 0 unspecified atom stereocenters. The van der Waals surface area contributed by atoms with Crippen LogP contribution in [0.25, 0.3) is 0 Å². The van der Waals surface area contributed by atoms with Gasteiger partial charge in [0.05, 0.1) is 0 Å². The van der Waals surface area contributed by atoms with Crippen molar-refractivity contribution in [2.75, 3.05) is 6.61 Å². The van der Waals surface area contributed by atoms with Crippen LogP contribution in [0.15, 0.2) is 0 Å². The Morgan fingerprint density at radius 3 is 2.43 bits per heavy atom. The van der Waals surface area contributed by atoms with Crippen molar-refractivity contribution >= 4 is 0 Å². The smallest absolute Gasteiger partial charge is 0.294 e. The lowest BCUT2D eigenvalue weighted by Crippen LogP contribution is -2.22. The van der Waals surface area contributed by atoms with E-state index in [0.29, 0.717) is 0 Å². The summed E-state index contributed by atoms with van der Waals surface area (Å²) in [5, 5.41) is 9.41. The lowest BCUT2D eigenvalue weighted by molar-refractivity contribution is -0.760. The molecule has 1 rings (SSSR count). The summed E-state index contributed by atoms with van der Waals surface area (Å²) in [5.74, 6) is 0. The molecule has 0 N–H and O–H groups in total. The van der Waals surface area contributed by atoms with Gasteiger partial charge >= 0.3 is 0 Å². The summed E-state index contributed by atoms with van der Waals surface area (Å²) in [7, 11) is 0. The SMILES string of the molecule is CCC(C)(C)CC1(CO[N+](=O)[O-])CC1. The van der Waals surface area contributed by atoms with Crippen molar-refractivity contribution in [3.63, 3.8) is 0 Å². The van der Waals surface area contributed by atoms with Gasteiger partial charge in [-0.15, -0.1) is 10.1 Å². The molecule has 1 aliphatic rings. The van der Waals surface area contributed by atoms with Crippen LogP contribution in [-0.2, 0) is 4.84 Å². The fourth-order valence-electron chi connectivity index (χ4n) is 1.88. The Hall–Kier alpha value is -0.800. The first kappa shape index (κ1) is 11.3. The zero-order valence-corrected chi connectivity index (χ0v) is 9.21. The van der Waals surface area contributed by atoms with E-state index in [2.05, 4.69) is 25.6 Å². The van der Waals surface area contributed by atoms with Crippen molar-refractivity contribution in [1.82, 2.24) is 0 Å². The van der Waals surface area contributed by atoms with Gasteiger partial charge in [-0.25, -0.2) is 0 Å². The van der Waals surface area contributed by atoms with E-state index in [9.17, 15) is 10.1 Å². The van der Waals surface area contributed by atoms with Gasteiger partial charge in [0, 0.05) is 0 Å². The van der Waals surface area contributed by atoms with E-state index in [4.69, 9.17) is 0 Å². The summed E-state index contributed by atoms with van der Waals surface area (Å²) >= 11 is 0. The second kappa shape index (κ2) is 3.75. The van der Waals surface area contributed by atoms with Crippen LogP contribution in [0.2, 0.25) is 0 Å². The third kappa shape index (κ3) is 3.16. The minimum absolute atomic E-state index is 0.104. The van der Waals surface area contributed by atoms with E-state index in [1.54, 1.807) is 0 Å². The second-order valence-corrected chi connectivity index (χ2v) is 5.19. The van der Waals surface area contributed by atoms with Crippen molar-refractivity contribution < 1.29 is 9.92 Å². The lowest BCUT2D eigenvalue weighted by Gasteiger charge is -2.28. The standard InChI is InChI=1S/C10H19NO3/c1-4-9(2,3)7-10(5-6-10)8-14-11(12)13/h4-8H2,1-3H3. The average molecular weight is 201 g/mol. The molecule has 0 aliphatic heterocycles. The van der Waals surface area contributed by atoms with E-state index in [-0.39, 0.29) is 17.4 Å². The zero-order valence-electron chi connectivity index (χ0n) is 9.21. The first-order valence-electron chi connectivity index (χ1n) is 5.16.